The Hall–Kier alpha value is -2.92. The van der Waals surface area contributed by atoms with Crippen molar-refractivity contribution in [3.63, 3.8) is 0 Å². The van der Waals surface area contributed by atoms with Crippen LogP contribution in [0.3, 0.4) is 0 Å². The van der Waals surface area contributed by atoms with Crippen molar-refractivity contribution >= 4 is 27.3 Å². The van der Waals surface area contributed by atoms with Crippen LogP contribution in [0.25, 0.3) is 22.0 Å². The van der Waals surface area contributed by atoms with Gasteiger partial charge in [0.25, 0.3) is 0 Å². The van der Waals surface area contributed by atoms with Crippen molar-refractivity contribution in [2.24, 2.45) is 0 Å². The summed E-state index contributed by atoms with van der Waals surface area (Å²) >= 11 is 4.86. The number of benzene rings is 2. The minimum absolute atomic E-state index is 0.268. The van der Waals surface area contributed by atoms with Gasteiger partial charge in [-0.2, -0.15) is 13.2 Å². The van der Waals surface area contributed by atoms with E-state index in [0.717, 1.165) is 42.0 Å². The van der Waals surface area contributed by atoms with Gasteiger partial charge in [-0.15, -0.1) is 11.3 Å². The third-order valence-electron chi connectivity index (χ3n) is 5.01. The Morgan fingerprint density at radius 3 is 2.56 bits per heavy atom. The minimum Gasteiger partial charge on any atom is -0.488 e. The molecule has 34 heavy (non-hydrogen) atoms. The van der Waals surface area contributed by atoms with Crippen molar-refractivity contribution in [1.82, 2.24) is 15.1 Å². The lowest BCUT2D eigenvalue weighted by atomic mass is 10.1. The van der Waals surface area contributed by atoms with Gasteiger partial charge in [0.1, 0.15) is 17.4 Å². The first-order valence-electron chi connectivity index (χ1n) is 10.4. The van der Waals surface area contributed by atoms with E-state index in [4.69, 9.17) is 9.72 Å². The fourth-order valence-corrected chi connectivity index (χ4v) is 4.81. The lowest BCUT2D eigenvalue weighted by molar-refractivity contribution is -0.137. The molecular weight excluding hydrogens is 535 g/mol. The Morgan fingerprint density at radius 2 is 1.94 bits per heavy atom. The van der Waals surface area contributed by atoms with Crippen LogP contribution in [0.5, 0.6) is 5.75 Å². The monoisotopic (exact) mass is 553 g/mol. The van der Waals surface area contributed by atoms with Crippen LogP contribution in [-0.4, -0.2) is 15.1 Å². The number of hydrogen-bond acceptors (Lipinski definition) is 6. The fourth-order valence-electron chi connectivity index (χ4n) is 3.23. The first kappa shape index (κ1) is 24.2. The second-order valence-electron chi connectivity index (χ2n) is 7.44. The first-order chi connectivity index (χ1) is 16.2. The predicted molar refractivity (Wildman–Crippen MR) is 126 cm³/mol. The number of nitrogens with one attached hydrogen (secondary N) is 1. The fraction of sp³-hybridized carbons (Fsp3) is 0.261. The van der Waals surface area contributed by atoms with Crippen molar-refractivity contribution in [3.05, 3.63) is 73.6 Å². The molecule has 2 aromatic carbocycles. The molecule has 0 atom stereocenters. The average molecular weight is 554 g/mol. The summed E-state index contributed by atoms with van der Waals surface area (Å²) in [5, 5.41) is 4.34. The lowest BCUT2D eigenvalue weighted by Crippen LogP contribution is -2.03. The van der Waals surface area contributed by atoms with Crippen LogP contribution >= 0.6 is 27.3 Å². The van der Waals surface area contributed by atoms with Gasteiger partial charge in [-0.05, 0) is 59.1 Å². The average Bonchev–Trinajstić information content (AvgIpc) is 3.42. The maximum Gasteiger partial charge on any atom is 0.439 e. The number of thiazole rings is 1. The van der Waals surface area contributed by atoms with E-state index in [2.05, 4.69) is 37.5 Å². The van der Waals surface area contributed by atoms with Gasteiger partial charge in [-0.25, -0.2) is 9.78 Å². The van der Waals surface area contributed by atoms with Gasteiger partial charge in [-0.1, -0.05) is 30.6 Å². The van der Waals surface area contributed by atoms with Crippen molar-refractivity contribution in [3.8, 4) is 27.7 Å². The molecule has 4 rings (SSSR count). The molecule has 0 spiro atoms. The van der Waals surface area contributed by atoms with E-state index in [1.165, 1.54) is 23.5 Å². The second kappa shape index (κ2) is 10.1. The largest absolute Gasteiger partial charge is 0.488 e. The summed E-state index contributed by atoms with van der Waals surface area (Å²) in [6.07, 6.45) is -1.68. The van der Waals surface area contributed by atoms with Crippen LogP contribution in [-0.2, 0) is 19.2 Å². The molecule has 1 N–H and O–H groups in total. The normalized spacial score (nSPS) is 11.7. The van der Waals surface area contributed by atoms with Gasteiger partial charge in [0.05, 0.1) is 16.1 Å². The quantitative estimate of drug-likeness (QED) is 0.258. The molecular formula is C23H19BrF3N3O3S. The number of aryl methyl sites for hydroxylation is 1. The Kier molecular flexibility index (Phi) is 7.22. The SMILES string of the molecule is CCCCc1nc(-c2ccc(C(F)(F)F)cc2)sc1COc1ccc(-c2noc(=O)[nH]2)c(Br)c1. The summed E-state index contributed by atoms with van der Waals surface area (Å²) in [5.41, 5.74) is 1.48. The molecule has 0 unspecified atom stereocenters. The number of aromatic nitrogens is 3. The number of H-pyrrole nitrogens is 1. The van der Waals surface area contributed by atoms with E-state index in [1.54, 1.807) is 18.2 Å². The summed E-state index contributed by atoms with van der Waals surface area (Å²) in [5.74, 6) is 0.247. The summed E-state index contributed by atoms with van der Waals surface area (Å²) in [7, 11) is 0. The van der Waals surface area contributed by atoms with Gasteiger partial charge in [-0.3, -0.25) is 9.51 Å². The number of alkyl halides is 3. The van der Waals surface area contributed by atoms with Gasteiger partial charge in [0.15, 0.2) is 5.82 Å². The topological polar surface area (TPSA) is 81.0 Å². The Morgan fingerprint density at radius 1 is 1.18 bits per heavy atom. The highest BCUT2D eigenvalue weighted by molar-refractivity contribution is 9.10. The number of halogens is 4. The summed E-state index contributed by atoms with van der Waals surface area (Å²) in [6, 6.07) is 10.3. The zero-order valence-corrected chi connectivity index (χ0v) is 20.3. The molecule has 0 amide bonds. The van der Waals surface area contributed by atoms with Crippen LogP contribution in [0.15, 0.2) is 56.3 Å². The maximum absolute atomic E-state index is 12.9. The Bertz CT molecular complexity index is 1330. The molecule has 0 bridgehead atoms. The van der Waals surface area contributed by atoms with E-state index in [9.17, 15) is 18.0 Å². The molecule has 0 saturated heterocycles. The van der Waals surface area contributed by atoms with E-state index in [1.807, 2.05) is 0 Å². The molecule has 0 saturated carbocycles. The summed E-state index contributed by atoms with van der Waals surface area (Å²) < 4.78 is 49.8. The third kappa shape index (κ3) is 5.58. The summed E-state index contributed by atoms with van der Waals surface area (Å²) in [6.45, 7) is 2.35. The van der Waals surface area contributed by atoms with Crippen LogP contribution in [0.1, 0.15) is 35.9 Å². The molecule has 6 nitrogen and oxygen atoms in total. The van der Waals surface area contributed by atoms with E-state index in [0.29, 0.717) is 32.2 Å². The van der Waals surface area contributed by atoms with Gasteiger partial charge < -0.3 is 4.74 Å². The molecule has 4 aromatic rings. The molecule has 0 radical (unpaired) electrons. The molecule has 2 heterocycles. The number of rotatable bonds is 8. The van der Waals surface area contributed by atoms with Crippen LogP contribution in [0.4, 0.5) is 13.2 Å². The zero-order valence-electron chi connectivity index (χ0n) is 17.9. The van der Waals surface area contributed by atoms with Crippen LogP contribution in [0, 0.1) is 0 Å². The highest BCUT2D eigenvalue weighted by atomic mass is 79.9. The number of unbranched alkanes of at least 4 members (excludes halogenated alkanes) is 1. The van der Waals surface area contributed by atoms with Crippen molar-refractivity contribution < 1.29 is 22.4 Å². The molecule has 178 valence electrons. The molecule has 0 aliphatic rings. The summed E-state index contributed by atoms with van der Waals surface area (Å²) in [4.78, 5) is 19.3. The molecule has 0 aliphatic heterocycles. The number of aromatic amines is 1. The molecule has 0 aliphatic carbocycles. The molecule has 11 heteroatoms. The Balaban J connectivity index is 1.53. The van der Waals surface area contributed by atoms with Crippen LogP contribution in [0.2, 0.25) is 0 Å². The smallest absolute Gasteiger partial charge is 0.439 e. The first-order valence-corrected chi connectivity index (χ1v) is 12.0. The predicted octanol–water partition coefficient (Wildman–Crippen LogP) is 6.86. The van der Waals surface area contributed by atoms with Gasteiger partial charge in [0.2, 0.25) is 0 Å². The van der Waals surface area contributed by atoms with E-state index in [-0.39, 0.29) is 6.61 Å². The standard InChI is InChI=1S/C23H19BrF3N3O3S/c1-2-3-4-18-19(34-21(28-18)13-5-7-14(8-6-13)23(25,26)27)12-32-15-9-10-16(17(24)11-15)20-29-22(31)33-30-20/h5-11H,2-4,12H2,1H3,(H,29,30,31). The van der Waals surface area contributed by atoms with Gasteiger partial charge >= 0.3 is 11.9 Å². The lowest BCUT2D eigenvalue weighted by Gasteiger charge is -2.08. The molecule has 2 aromatic heterocycles. The van der Waals surface area contributed by atoms with Crippen LogP contribution < -0.4 is 10.5 Å². The number of hydrogen-bond donors (Lipinski definition) is 1. The van der Waals surface area contributed by atoms with Gasteiger partial charge in [0, 0.05) is 15.6 Å². The highest BCUT2D eigenvalue weighted by Gasteiger charge is 2.30. The Labute approximate surface area is 204 Å². The van der Waals surface area contributed by atoms with E-state index >= 15 is 0 Å². The van der Waals surface area contributed by atoms with E-state index < -0.39 is 17.5 Å². The zero-order chi connectivity index (χ0) is 24.3. The third-order valence-corrected chi connectivity index (χ3v) is 6.79. The number of ether oxygens (including phenoxy) is 1. The van der Waals surface area contributed by atoms with Crippen molar-refractivity contribution in [2.75, 3.05) is 0 Å². The number of nitrogens with zero attached hydrogens (tertiary/aromatic N) is 2. The highest BCUT2D eigenvalue weighted by Crippen LogP contribution is 2.34. The van der Waals surface area contributed by atoms with Crippen molar-refractivity contribution in [1.29, 1.82) is 0 Å². The minimum atomic E-state index is -4.38. The van der Waals surface area contributed by atoms with Crippen molar-refractivity contribution in [2.45, 2.75) is 39.0 Å². The second-order valence-corrected chi connectivity index (χ2v) is 9.38. The maximum atomic E-state index is 12.9. The molecule has 0 fully saturated rings.